The number of fused-ring (bicyclic) bond motifs is 2. The van der Waals surface area contributed by atoms with Crippen molar-refractivity contribution in [3.05, 3.63) is 29.7 Å². The van der Waals surface area contributed by atoms with Crippen molar-refractivity contribution in [3.8, 4) is 5.88 Å². The van der Waals surface area contributed by atoms with E-state index in [1.54, 1.807) is 19.1 Å². The van der Waals surface area contributed by atoms with Crippen molar-refractivity contribution in [3.63, 3.8) is 0 Å². The van der Waals surface area contributed by atoms with Gasteiger partial charge in [-0.1, -0.05) is 0 Å². The van der Waals surface area contributed by atoms with Crippen molar-refractivity contribution < 1.29 is 22.7 Å². The summed E-state index contributed by atoms with van der Waals surface area (Å²) < 4.78 is 37.0. The van der Waals surface area contributed by atoms with Crippen molar-refractivity contribution in [2.45, 2.75) is 107 Å². The van der Waals surface area contributed by atoms with Crippen molar-refractivity contribution in [2.24, 2.45) is 0 Å². The van der Waals surface area contributed by atoms with Crippen LogP contribution in [-0.4, -0.2) is 63.4 Å². The third-order valence-corrected chi connectivity index (χ3v) is 9.34. The van der Waals surface area contributed by atoms with E-state index in [-0.39, 0.29) is 34.6 Å². The molecule has 2 saturated heterocycles. The molecule has 1 N–H and O–H groups in total. The van der Waals surface area contributed by atoms with Crippen LogP contribution in [0.5, 0.6) is 5.88 Å². The summed E-state index contributed by atoms with van der Waals surface area (Å²) in [5, 5.41) is 3.08. The van der Waals surface area contributed by atoms with E-state index in [0.29, 0.717) is 35.9 Å². The number of rotatable bonds is 6. The van der Waals surface area contributed by atoms with Gasteiger partial charge in [0.15, 0.2) is 14.9 Å². The Morgan fingerprint density at radius 2 is 1.73 bits per heavy atom. The SMILES string of the molecule is Cc1nc(S(=O)(=O)C2CC2)ccc1Nc1ncnc(OC2CC3CC[C@@H](C2)N3C(=O)OC(C)(C)C)c1C. The van der Waals surface area contributed by atoms with Gasteiger partial charge in [-0.2, -0.15) is 0 Å². The Morgan fingerprint density at radius 3 is 2.32 bits per heavy atom. The summed E-state index contributed by atoms with van der Waals surface area (Å²) in [6.07, 6.45) is 5.88. The molecule has 0 spiro atoms. The average Bonchev–Trinajstić information content (AvgIpc) is 3.62. The highest BCUT2D eigenvalue weighted by molar-refractivity contribution is 7.92. The summed E-state index contributed by atoms with van der Waals surface area (Å²) in [6, 6.07) is 3.46. The minimum atomic E-state index is -3.35. The minimum Gasteiger partial charge on any atom is -0.474 e. The number of aromatic nitrogens is 3. The first kappa shape index (κ1) is 25.7. The number of pyridine rings is 1. The molecule has 200 valence electrons. The van der Waals surface area contributed by atoms with E-state index < -0.39 is 15.4 Å². The molecule has 2 unspecified atom stereocenters. The van der Waals surface area contributed by atoms with Gasteiger partial charge in [0.05, 0.1) is 22.2 Å². The Kier molecular flexibility index (Phi) is 6.54. The number of sulfone groups is 1. The lowest BCUT2D eigenvalue weighted by molar-refractivity contribution is -0.00770. The van der Waals surface area contributed by atoms with Crippen molar-refractivity contribution in [2.75, 3.05) is 5.32 Å². The highest BCUT2D eigenvalue weighted by Crippen LogP contribution is 2.39. The first-order chi connectivity index (χ1) is 17.4. The van der Waals surface area contributed by atoms with E-state index in [1.165, 1.54) is 6.33 Å². The molecule has 0 aromatic carbocycles. The average molecular weight is 530 g/mol. The van der Waals surface area contributed by atoms with Crippen LogP contribution in [0.1, 0.15) is 70.6 Å². The fourth-order valence-electron chi connectivity index (χ4n) is 5.18. The molecule has 11 heteroatoms. The number of aryl methyl sites for hydroxylation is 1. The summed E-state index contributed by atoms with van der Waals surface area (Å²) in [7, 11) is -3.35. The minimum absolute atomic E-state index is 0.0621. The molecule has 2 aromatic rings. The van der Waals surface area contributed by atoms with Gasteiger partial charge in [0.1, 0.15) is 23.9 Å². The summed E-state index contributed by atoms with van der Waals surface area (Å²) in [5.74, 6) is 1.06. The number of nitrogens with zero attached hydrogens (tertiary/aromatic N) is 4. The number of ether oxygens (including phenoxy) is 2. The van der Waals surface area contributed by atoms with Crippen molar-refractivity contribution >= 4 is 27.4 Å². The highest BCUT2D eigenvalue weighted by Gasteiger charge is 2.46. The summed E-state index contributed by atoms with van der Waals surface area (Å²) in [5.41, 5.74) is 1.48. The predicted octanol–water partition coefficient (Wildman–Crippen LogP) is 4.48. The van der Waals surface area contributed by atoms with Crippen LogP contribution in [0.3, 0.4) is 0 Å². The Bertz CT molecular complexity index is 1290. The van der Waals surface area contributed by atoms with Crippen LogP contribution in [0.15, 0.2) is 23.5 Å². The Balaban J connectivity index is 1.27. The monoisotopic (exact) mass is 529 g/mol. The van der Waals surface area contributed by atoms with Gasteiger partial charge in [-0.15, -0.1) is 0 Å². The number of nitrogens with one attached hydrogen (secondary N) is 1. The molecule has 3 aliphatic rings. The normalized spacial score (nSPS) is 23.6. The third kappa shape index (κ3) is 5.37. The molecule has 1 aliphatic carbocycles. The number of piperidine rings is 1. The van der Waals surface area contributed by atoms with Gasteiger partial charge in [-0.3, -0.25) is 0 Å². The maximum absolute atomic E-state index is 12.7. The number of hydrogen-bond donors (Lipinski definition) is 1. The Labute approximate surface area is 218 Å². The van der Waals surface area contributed by atoms with Gasteiger partial charge in [-0.05, 0) is 72.4 Å². The van der Waals surface area contributed by atoms with Crippen LogP contribution < -0.4 is 10.1 Å². The number of carbonyl (C=O) groups is 1. The molecule has 3 fully saturated rings. The van der Waals surface area contributed by atoms with E-state index in [2.05, 4.69) is 20.3 Å². The Hall–Kier alpha value is -2.95. The standard InChI is InChI=1S/C26H35N5O5S/c1-15-23(30-21-10-11-22(29-16(21)2)37(33,34)20-8-9-20)27-14-28-24(15)35-19-12-17-6-7-18(13-19)31(17)25(32)36-26(3,4)5/h10-11,14,17-20H,6-9,12-13H2,1-5H3,(H,27,28,30)/t17-,18?,19?/m0/s1. The lowest BCUT2D eigenvalue weighted by Crippen LogP contribution is -2.50. The van der Waals surface area contributed by atoms with E-state index in [4.69, 9.17) is 9.47 Å². The smallest absolute Gasteiger partial charge is 0.410 e. The van der Waals surface area contributed by atoms with Crippen LogP contribution in [0, 0.1) is 13.8 Å². The lowest BCUT2D eigenvalue weighted by Gasteiger charge is -2.39. The van der Waals surface area contributed by atoms with E-state index in [0.717, 1.165) is 31.2 Å². The summed E-state index contributed by atoms with van der Waals surface area (Å²) >= 11 is 0. The number of hydrogen-bond acceptors (Lipinski definition) is 9. The van der Waals surface area contributed by atoms with Gasteiger partial charge in [0.25, 0.3) is 0 Å². The molecular formula is C26H35N5O5S. The van der Waals surface area contributed by atoms with Crippen LogP contribution in [-0.2, 0) is 14.6 Å². The van der Waals surface area contributed by atoms with Crippen LogP contribution >= 0.6 is 0 Å². The molecule has 2 aromatic heterocycles. The highest BCUT2D eigenvalue weighted by atomic mass is 32.2. The van der Waals surface area contributed by atoms with E-state index in [1.807, 2.05) is 32.6 Å². The molecule has 37 heavy (non-hydrogen) atoms. The van der Waals surface area contributed by atoms with Gasteiger partial charge in [-0.25, -0.2) is 28.2 Å². The topological polar surface area (TPSA) is 124 Å². The molecule has 2 aliphatic heterocycles. The molecule has 4 heterocycles. The second-order valence-electron chi connectivity index (χ2n) is 11.3. The number of carbonyl (C=O) groups excluding carboxylic acids is 1. The zero-order valence-corrected chi connectivity index (χ0v) is 22.8. The quantitative estimate of drug-likeness (QED) is 0.577. The Morgan fingerprint density at radius 1 is 1.05 bits per heavy atom. The zero-order chi connectivity index (χ0) is 26.5. The van der Waals surface area contributed by atoms with Crippen LogP contribution in [0.25, 0.3) is 0 Å². The zero-order valence-electron chi connectivity index (χ0n) is 22.0. The van der Waals surface area contributed by atoms with Crippen molar-refractivity contribution in [1.29, 1.82) is 0 Å². The fourth-order valence-corrected chi connectivity index (χ4v) is 6.80. The number of anilines is 2. The molecule has 5 rings (SSSR count). The van der Waals surface area contributed by atoms with E-state index in [9.17, 15) is 13.2 Å². The van der Waals surface area contributed by atoms with Gasteiger partial charge < -0.3 is 19.7 Å². The molecule has 2 bridgehead atoms. The van der Waals surface area contributed by atoms with Crippen LogP contribution in [0.4, 0.5) is 16.3 Å². The van der Waals surface area contributed by atoms with Crippen molar-refractivity contribution in [1.82, 2.24) is 19.9 Å². The first-order valence-corrected chi connectivity index (χ1v) is 14.4. The largest absolute Gasteiger partial charge is 0.474 e. The molecule has 3 atom stereocenters. The fraction of sp³-hybridized carbons (Fsp3) is 0.615. The predicted molar refractivity (Wildman–Crippen MR) is 138 cm³/mol. The summed E-state index contributed by atoms with van der Waals surface area (Å²) in [6.45, 7) is 9.31. The van der Waals surface area contributed by atoms with E-state index >= 15 is 0 Å². The molecule has 1 saturated carbocycles. The van der Waals surface area contributed by atoms with Gasteiger partial charge >= 0.3 is 6.09 Å². The van der Waals surface area contributed by atoms with Gasteiger partial charge in [0, 0.05) is 24.9 Å². The second kappa shape index (κ2) is 9.41. The van der Waals surface area contributed by atoms with Gasteiger partial charge in [0.2, 0.25) is 5.88 Å². The molecule has 10 nitrogen and oxygen atoms in total. The maximum atomic E-state index is 12.7. The summed E-state index contributed by atoms with van der Waals surface area (Å²) in [4.78, 5) is 27.7. The van der Waals surface area contributed by atoms with Crippen LogP contribution in [0.2, 0.25) is 0 Å². The maximum Gasteiger partial charge on any atom is 0.410 e. The third-order valence-electron chi connectivity index (χ3n) is 7.18. The molecular weight excluding hydrogens is 494 g/mol. The number of amides is 1. The second-order valence-corrected chi connectivity index (χ2v) is 13.5. The lowest BCUT2D eigenvalue weighted by atomic mass is 10.00. The molecule has 0 radical (unpaired) electrons. The first-order valence-electron chi connectivity index (χ1n) is 12.9. The molecule has 1 amide bonds.